The summed E-state index contributed by atoms with van der Waals surface area (Å²) < 4.78 is 1.40. The van der Waals surface area contributed by atoms with E-state index in [4.69, 9.17) is 11.6 Å². The van der Waals surface area contributed by atoms with Crippen LogP contribution in [0.5, 0.6) is 0 Å². The lowest BCUT2D eigenvalue weighted by Crippen LogP contribution is -2.25. The molecule has 1 saturated carbocycles. The van der Waals surface area contributed by atoms with E-state index in [2.05, 4.69) is 15.7 Å². The van der Waals surface area contributed by atoms with Gasteiger partial charge in [-0.1, -0.05) is 18.5 Å². The van der Waals surface area contributed by atoms with Crippen molar-refractivity contribution in [3.8, 4) is 0 Å². The highest BCUT2D eigenvalue weighted by Crippen LogP contribution is 2.18. The smallest absolute Gasteiger partial charge is 0.287 e. The summed E-state index contributed by atoms with van der Waals surface area (Å²) in [6, 6.07) is 0.739. The maximum atomic E-state index is 11.9. The number of halogens is 1. The molecule has 1 fully saturated rings. The number of nitrogens with one attached hydrogen (secondary N) is 2. The van der Waals surface area contributed by atoms with Crippen molar-refractivity contribution in [2.75, 3.05) is 18.4 Å². The van der Waals surface area contributed by atoms with Crippen molar-refractivity contribution in [1.82, 2.24) is 15.1 Å². The van der Waals surface area contributed by atoms with Crippen LogP contribution in [0.15, 0.2) is 11.0 Å². The van der Waals surface area contributed by atoms with E-state index in [0.717, 1.165) is 32.0 Å². The first kappa shape index (κ1) is 14.3. The van der Waals surface area contributed by atoms with E-state index in [1.807, 2.05) is 6.92 Å². The lowest BCUT2D eigenvalue weighted by molar-refractivity contribution is 0.568. The first-order chi connectivity index (χ1) is 9.22. The van der Waals surface area contributed by atoms with Crippen LogP contribution in [0.1, 0.15) is 32.6 Å². The molecule has 1 aliphatic rings. The molecule has 0 amide bonds. The molecule has 1 heterocycles. The Morgan fingerprint density at radius 1 is 1.47 bits per heavy atom. The molecule has 1 aromatic rings. The number of aromatic nitrogens is 2. The van der Waals surface area contributed by atoms with Gasteiger partial charge in [0.05, 0.1) is 11.9 Å². The molecule has 1 aliphatic carbocycles. The summed E-state index contributed by atoms with van der Waals surface area (Å²) in [6.07, 6.45) is 6.11. The second kappa shape index (κ2) is 6.91. The van der Waals surface area contributed by atoms with Gasteiger partial charge < -0.3 is 10.6 Å². The zero-order chi connectivity index (χ0) is 13.7. The Bertz CT molecular complexity index is 470. The third-order valence-corrected chi connectivity index (χ3v) is 3.46. The Labute approximate surface area is 118 Å². The van der Waals surface area contributed by atoms with Crippen molar-refractivity contribution in [2.24, 2.45) is 0 Å². The number of anilines is 1. The predicted octanol–water partition coefficient (Wildman–Crippen LogP) is 1.86. The number of hydrogen-bond acceptors (Lipinski definition) is 4. The normalized spacial score (nSPS) is 14.6. The molecule has 0 spiro atoms. The first-order valence-corrected chi connectivity index (χ1v) is 7.33. The van der Waals surface area contributed by atoms with Gasteiger partial charge >= 0.3 is 0 Å². The van der Waals surface area contributed by atoms with Gasteiger partial charge in [-0.3, -0.25) is 4.79 Å². The molecule has 0 radical (unpaired) electrons. The van der Waals surface area contributed by atoms with E-state index in [-0.39, 0.29) is 10.6 Å². The van der Waals surface area contributed by atoms with Crippen LogP contribution < -0.4 is 16.2 Å². The van der Waals surface area contributed by atoms with Crippen LogP contribution in [-0.2, 0) is 6.54 Å². The van der Waals surface area contributed by atoms with Crippen LogP contribution in [0.2, 0.25) is 5.02 Å². The Morgan fingerprint density at radius 2 is 2.26 bits per heavy atom. The fourth-order valence-corrected chi connectivity index (χ4v) is 2.08. The molecule has 5 nitrogen and oxygen atoms in total. The Kier molecular flexibility index (Phi) is 5.22. The van der Waals surface area contributed by atoms with Crippen molar-refractivity contribution in [1.29, 1.82) is 0 Å². The van der Waals surface area contributed by atoms with Gasteiger partial charge in [0.15, 0.2) is 0 Å². The highest BCUT2D eigenvalue weighted by Gasteiger charge is 2.19. The minimum absolute atomic E-state index is 0.218. The van der Waals surface area contributed by atoms with Gasteiger partial charge in [-0.25, -0.2) is 4.68 Å². The number of rotatable bonds is 8. The Hall–Kier alpha value is -1.07. The average Bonchev–Trinajstić information content (AvgIpc) is 3.21. The third kappa shape index (κ3) is 4.21. The van der Waals surface area contributed by atoms with Gasteiger partial charge in [0.1, 0.15) is 5.02 Å². The van der Waals surface area contributed by atoms with Crippen LogP contribution in [0.25, 0.3) is 0 Å². The fourth-order valence-electron chi connectivity index (χ4n) is 1.86. The van der Waals surface area contributed by atoms with Gasteiger partial charge in [-0.05, 0) is 32.2 Å². The van der Waals surface area contributed by atoms with E-state index < -0.39 is 0 Å². The lowest BCUT2D eigenvalue weighted by Gasteiger charge is -2.10. The van der Waals surface area contributed by atoms with Crippen molar-refractivity contribution >= 4 is 17.3 Å². The zero-order valence-corrected chi connectivity index (χ0v) is 12.0. The minimum Gasteiger partial charge on any atom is -0.382 e. The third-order valence-electron chi connectivity index (χ3n) is 3.10. The van der Waals surface area contributed by atoms with Gasteiger partial charge in [-0.2, -0.15) is 5.10 Å². The van der Waals surface area contributed by atoms with Gasteiger partial charge in [0, 0.05) is 19.1 Å². The molecule has 0 unspecified atom stereocenters. The summed E-state index contributed by atoms with van der Waals surface area (Å²) in [5, 5.41) is 11.0. The Morgan fingerprint density at radius 3 is 2.95 bits per heavy atom. The van der Waals surface area contributed by atoms with Gasteiger partial charge in [0.25, 0.3) is 5.56 Å². The molecule has 0 aliphatic heterocycles. The van der Waals surface area contributed by atoms with E-state index in [1.54, 1.807) is 6.20 Å². The Balaban J connectivity index is 1.82. The second-order valence-corrected chi connectivity index (χ2v) is 5.29. The summed E-state index contributed by atoms with van der Waals surface area (Å²) in [5.74, 6) is 0. The summed E-state index contributed by atoms with van der Waals surface area (Å²) >= 11 is 6.06. The molecule has 0 bridgehead atoms. The number of aryl methyl sites for hydroxylation is 1. The van der Waals surface area contributed by atoms with E-state index in [0.29, 0.717) is 12.2 Å². The van der Waals surface area contributed by atoms with E-state index in [9.17, 15) is 4.79 Å². The molecule has 2 rings (SSSR count). The molecule has 0 saturated heterocycles. The molecule has 1 aromatic heterocycles. The molecule has 0 atom stereocenters. The SMILES string of the molecule is CCCn1ncc(NCCCNC2CC2)c(Cl)c1=O. The highest BCUT2D eigenvalue weighted by atomic mass is 35.5. The van der Waals surface area contributed by atoms with Crippen molar-refractivity contribution < 1.29 is 0 Å². The monoisotopic (exact) mass is 284 g/mol. The average molecular weight is 285 g/mol. The van der Waals surface area contributed by atoms with Crippen LogP contribution >= 0.6 is 11.6 Å². The van der Waals surface area contributed by atoms with E-state index in [1.165, 1.54) is 17.5 Å². The zero-order valence-electron chi connectivity index (χ0n) is 11.3. The number of nitrogens with zero attached hydrogens (tertiary/aromatic N) is 2. The highest BCUT2D eigenvalue weighted by molar-refractivity contribution is 6.32. The summed E-state index contributed by atoms with van der Waals surface area (Å²) in [5.41, 5.74) is 0.412. The van der Waals surface area contributed by atoms with Crippen LogP contribution in [0.3, 0.4) is 0 Å². The predicted molar refractivity (Wildman–Crippen MR) is 77.9 cm³/mol. The topological polar surface area (TPSA) is 59.0 Å². The standard InChI is InChI=1S/C13H21ClN4O/c1-2-8-18-13(19)12(14)11(9-17-18)16-7-3-6-15-10-4-5-10/h9-10,15-16H,2-8H2,1H3. The fraction of sp³-hybridized carbons (Fsp3) is 0.692. The van der Waals surface area contributed by atoms with Crippen molar-refractivity contribution in [3.63, 3.8) is 0 Å². The molecule has 19 heavy (non-hydrogen) atoms. The molecule has 2 N–H and O–H groups in total. The van der Waals surface area contributed by atoms with Crippen LogP contribution in [0.4, 0.5) is 5.69 Å². The van der Waals surface area contributed by atoms with Gasteiger partial charge in [0.2, 0.25) is 0 Å². The molecule has 0 aromatic carbocycles. The van der Waals surface area contributed by atoms with Crippen LogP contribution in [0, 0.1) is 0 Å². The summed E-state index contributed by atoms with van der Waals surface area (Å²) in [4.78, 5) is 11.9. The van der Waals surface area contributed by atoms with E-state index >= 15 is 0 Å². The molecular formula is C13H21ClN4O. The molecule has 106 valence electrons. The quantitative estimate of drug-likeness (QED) is 0.716. The summed E-state index contributed by atoms with van der Waals surface area (Å²) in [6.45, 7) is 4.39. The maximum absolute atomic E-state index is 11.9. The van der Waals surface area contributed by atoms with Crippen molar-refractivity contribution in [3.05, 3.63) is 21.6 Å². The second-order valence-electron chi connectivity index (χ2n) is 4.91. The summed E-state index contributed by atoms with van der Waals surface area (Å²) in [7, 11) is 0. The van der Waals surface area contributed by atoms with Crippen molar-refractivity contribution in [2.45, 2.75) is 45.2 Å². The molecule has 6 heteroatoms. The minimum atomic E-state index is -0.218. The maximum Gasteiger partial charge on any atom is 0.287 e. The van der Waals surface area contributed by atoms with Gasteiger partial charge in [-0.15, -0.1) is 0 Å². The largest absolute Gasteiger partial charge is 0.382 e. The van der Waals surface area contributed by atoms with Crippen LogP contribution in [-0.4, -0.2) is 28.9 Å². The molecular weight excluding hydrogens is 264 g/mol. The number of hydrogen-bond donors (Lipinski definition) is 2. The first-order valence-electron chi connectivity index (χ1n) is 6.95. The lowest BCUT2D eigenvalue weighted by atomic mass is 10.3.